The fraction of sp³-hybridized carbons (Fsp3) is 0.464. The van der Waals surface area contributed by atoms with E-state index in [-0.39, 0.29) is 24.0 Å². The Morgan fingerprint density at radius 1 is 0.973 bits per heavy atom. The van der Waals surface area contributed by atoms with Gasteiger partial charge in [0, 0.05) is 43.7 Å². The number of nitrogens with one attached hydrogen (secondary N) is 1. The highest BCUT2D eigenvalue weighted by Gasteiger charge is 2.33. The van der Waals surface area contributed by atoms with Gasteiger partial charge in [0.15, 0.2) is 0 Å². The smallest absolute Gasteiger partial charge is 0.410 e. The Morgan fingerprint density at radius 2 is 1.65 bits per heavy atom. The first-order valence-electron chi connectivity index (χ1n) is 12.8. The summed E-state index contributed by atoms with van der Waals surface area (Å²) in [7, 11) is 0. The zero-order valence-electron chi connectivity index (χ0n) is 21.7. The van der Waals surface area contributed by atoms with E-state index in [1.165, 1.54) is 0 Å². The number of nitrogen functional groups attached to an aromatic ring is 1. The molecule has 9 heteroatoms. The highest BCUT2D eigenvalue weighted by Crippen LogP contribution is 2.28. The number of nitrogens with zero attached hydrogens (tertiary/aromatic N) is 2. The van der Waals surface area contributed by atoms with E-state index in [1.807, 2.05) is 43.9 Å². The van der Waals surface area contributed by atoms with Crippen molar-refractivity contribution in [1.29, 1.82) is 5.41 Å². The molecule has 3 N–H and O–H groups in total. The first-order valence-corrected chi connectivity index (χ1v) is 12.8. The van der Waals surface area contributed by atoms with Crippen molar-refractivity contribution in [2.75, 3.05) is 24.5 Å². The van der Waals surface area contributed by atoms with Crippen LogP contribution in [-0.2, 0) is 9.53 Å². The summed E-state index contributed by atoms with van der Waals surface area (Å²) in [5.74, 6) is 0.838. The molecule has 1 atom stereocenters. The molecule has 2 aromatic carbocycles. The average Bonchev–Trinajstić information content (AvgIpc) is 3.35. The summed E-state index contributed by atoms with van der Waals surface area (Å²) in [4.78, 5) is 29.0. The number of anilines is 1. The zero-order chi connectivity index (χ0) is 26.6. The quantitative estimate of drug-likeness (QED) is 0.258. The molecular formula is C28H36N4O5. The predicted octanol–water partition coefficient (Wildman–Crippen LogP) is 4.32. The average molecular weight is 509 g/mol. The van der Waals surface area contributed by atoms with Crippen molar-refractivity contribution in [3.05, 3.63) is 54.1 Å². The monoisotopic (exact) mass is 508 g/mol. The van der Waals surface area contributed by atoms with Gasteiger partial charge in [-0.3, -0.25) is 5.41 Å². The molecule has 1 amide bonds. The molecule has 0 radical (unpaired) electrons. The maximum atomic E-state index is 13.0. The fourth-order valence-corrected chi connectivity index (χ4v) is 4.62. The molecule has 2 aliphatic rings. The molecule has 2 aliphatic heterocycles. The summed E-state index contributed by atoms with van der Waals surface area (Å²) in [6, 6.07) is 14.0. The molecule has 0 aromatic heterocycles. The third-order valence-electron chi connectivity index (χ3n) is 6.45. The second-order valence-corrected chi connectivity index (χ2v) is 10.5. The van der Waals surface area contributed by atoms with Gasteiger partial charge >= 0.3 is 12.1 Å². The number of nitrogens with two attached hydrogens (primary N) is 1. The van der Waals surface area contributed by atoms with Crippen LogP contribution in [0.3, 0.4) is 0 Å². The van der Waals surface area contributed by atoms with E-state index >= 15 is 0 Å². The first-order chi connectivity index (χ1) is 17.6. The number of benzene rings is 2. The molecule has 198 valence electrons. The van der Waals surface area contributed by atoms with Gasteiger partial charge in [-0.2, -0.15) is 0 Å². The van der Waals surface area contributed by atoms with Gasteiger partial charge in [-0.1, -0.05) is 12.1 Å². The van der Waals surface area contributed by atoms with Crippen molar-refractivity contribution in [2.24, 2.45) is 5.73 Å². The summed E-state index contributed by atoms with van der Waals surface area (Å²) < 4.78 is 17.2. The van der Waals surface area contributed by atoms with E-state index < -0.39 is 11.6 Å². The third-order valence-corrected chi connectivity index (χ3v) is 6.45. The Balaban J connectivity index is 1.29. The van der Waals surface area contributed by atoms with E-state index in [4.69, 9.17) is 25.4 Å². The van der Waals surface area contributed by atoms with E-state index in [1.54, 1.807) is 35.2 Å². The number of amides is 1. The number of ether oxygens (including phenoxy) is 3. The van der Waals surface area contributed by atoms with Crippen LogP contribution in [0.5, 0.6) is 11.5 Å². The van der Waals surface area contributed by atoms with Crippen molar-refractivity contribution >= 4 is 23.6 Å². The number of carbonyl (C=O) groups is 2. The van der Waals surface area contributed by atoms with Gasteiger partial charge in [0.05, 0.1) is 0 Å². The molecule has 0 saturated carbocycles. The number of piperidine rings is 1. The van der Waals surface area contributed by atoms with Crippen molar-refractivity contribution in [1.82, 2.24) is 4.90 Å². The van der Waals surface area contributed by atoms with Crippen LogP contribution in [0.2, 0.25) is 0 Å². The summed E-state index contributed by atoms with van der Waals surface area (Å²) >= 11 is 0. The summed E-state index contributed by atoms with van der Waals surface area (Å²) in [5.41, 5.74) is 6.60. The highest BCUT2D eigenvalue weighted by molar-refractivity contribution is 5.96. The van der Waals surface area contributed by atoms with Crippen molar-refractivity contribution in [2.45, 2.75) is 64.2 Å². The molecule has 2 saturated heterocycles. The molecule has 2 heterocycles. The van der Waals surface area contributed by atoms with E-state index in [0.29, 0.717) is 36.6 Å². The van der Waals surface area contributed by atoms with Crippen LogP contribution < -0.4 is 20.1 Å². The Kier molecular flexibility index (Phi) is 7.90. The molecule has 9 nitrogen and oxygen atoms in total. The van der Waals surface area contributed by atoms with Crippen LogP contribution in [-0.4, -0.2) is 60.2 Å². The lowest BCUT2D eigenvalue weighted by Gasteiger charge is -2.33. The third kappa shape index (κ3) is 6.93. The van der Waals surface area contributed by atoms with Crippen molar-refractivity contribution in [3.63, 3.8) is 0 Å². The van der Waals surface area contributed by atoms with E-state index in [2.05, 4.69) is 0 Å². The second kappa shape index (κ2) is 11.1. The van der Waals surface area contributed by atoms with E-state index in [0.717, 1.165) is 31.5 Å². The first kappa shape index (κ1) is 26.3. The zero-order valence-corrected chi connectivity index (χ0v) is 21.7. The Bertz CT molecular complexity index is 1120. The summed E-state index contributed by atoms with van der Waals surface area (Å²) in [6.45, 7) is 7.49. The lowest BCUT2D eigenvalue weighted by atomic mass is 10.1. The maximum absolute atomic E-state index is 13.0. The van der Waals surface area contributed by atoms with Crippen LogP contribution in [0.4, 0.5) is 10.5 Å². The molecule has 37 heavy (non-hydrogen) atoms. The largest absolute Gasteiger partial charge is 0.490 e. The molecule has 2 fully saturated rings. The highest BCUT2D eigenvalue weighted by atomic mass is 16.6. The van der Waals surface area contributed by atoms with Gasteiger partial charge in [-0.05, 0) is 70.0 Å². The standard InChI is InChI=1S/C28H36N4O5/c1-28(2,3)37-27(34)31-16-13-23(14-17-31)35-21-9-11-22(12-10-21)36-26(33)24-8-5-15-32(24)20-7-4-6-19(18-20)25(29)30/h4,6-7,9-12,18,23-24H,5,8,13-17H2,1-3H3,(H3,29,30)/t24-/m0/s1. The molecule has 0 unspecified atom stereocenters. The second-order valence-electron chi connectivity index (χ2n) is 10.5. The van der Waals surface area contributed by atoms with Crippen LogP contribution >= 0.6 is 0 Å². The van der Waals surface area contributed by atoms with Crippen LogP contribution in [0.15, 0.2) is 48.5 Å². The summed E-state index contributed by atoms with van der Waals surface area (Å²) in [5, 5.41) is 7.68. The van der Waals surface area contributed by atoms with Gasteiger partial charge in [0.2, 0.25) is 0 Å². The normalized spacial score (nSPS) is 18.4. The number of likely N-dealkylation sites (tertiary alicyclic amines) is 1. The Hall–Kier alpha value is -3.75. The summed E-state index contributed by atoms with van der Waals surface area (Å²) in [6.07, 6.45) is 2.74. The molecule has 0 spiro atoms. The van der Waals surface area contributed by atoms with Crippen molar-refractivity contribution < 1.29 is 23.8 Å². The lowest BCUT2D eigenvalue weighted by molar-refractivity contribution is -0.135. The van der Waals surface area contributed by atoms with Gasteiger partial charge in [0.1, 0.15) is 35.1 Å². The molecular weight excluding hydrogens is 472 g/mol. The van der Waals surface area contributed by atoms with E-state index in [9.17, 15) is 9.59 Å². The Labute approximate surface area is 218 Å². The fourth-order valence-electron chi connectivity index (χ4n) is 4.62. The van der Waals surface area contributed by atoms with Gasteiger partial charge in [0.25, 0.3) is 0 Å². The number of esters is 1. The molecule has 2 aromatic rings. The van der Waals surface area contributed by atoms with Crippen LogP contribution in [0.25, 0.3) is 0 Å². The van der Waals surface area contributed by atoms with Crippen LogP contribution in [0.1, 0.15) is 52.0 Å². The number of rotatable bonds is 6. The van der Waals surface area contributed by atoms with Gasteiger partial charge in [-0.25, -0.2) is 9.59 Å². The van der Waals surface area contributed by atoms with Crippen molar-refractivity contribution in [3.8, 4) is 11.5 Å². The van der Waals surface area contributed by atoms with Gasteiger partial charge < -0.3 is 29.7 Å². The van der Waals surface area contributed by atoms with Gasteiger partial charge in [-0.15, -0.1) is 0 Å². The minimum atomic E-state index is -0.508. The number of hydrogen-bond donors (Lipinski definition) is 2. The molecule has 0 bridgehead atoms. The minimum Gasteiger partial charge on any atom is -0.490 e. The van der Waals surface area contributed by atoms with Crippen LogP contribution in [0, 0.1) is 5.41 Å². The molecule has 4 rings (SSSR count). The number of hydrogen-bond acceptors (Lipinski definition) is 7. The minimum absolute atomic E-state index is 0.00363. The Morgan fingerprint density at radius 3 is 2.30 bits per heavy atom. The number of carbonyl (C=O) groups excluding carboxylic acids is 2. The maximum Gasteiger partial charge on any atom is 0.410 e. The topological polar surface area (TPSA) is 118 Å². The number of amidine groups is 1. The predicted molar refractivity (Wildman–Crippen MR) is 141 cm³/mol. The molecule has 0 aliphatic carbocycles. The SMILES string of the molecule is CC(C)(C)OC(=O)N1CCC(Oc2ccc(OC(=O)[C@@H]3CCCN3c3cccc(C(=N)N)c3)cc2)CC1. The lowest BCUT2D eigenvalue weighted by Crippen LogP contribution is -2.44.